The average Bonchev–Trinajstić information content (AvgIpc) is 2.68. The average molecular weight is 374 g/mol. The molecule has 2 aromatic carbocycles. The van der Waals surface area contributed by atoms with Gasteiger partial charge in [-0.25, -0.2) is 24.1 Å². The second kappa shape index (κ2) is 6.70. The van der Waals surface area contributed by atoms with Crippen molar-refractivity contribution in [2.75, 3.05) is 5.73 Å². The number of nitrogen functional groups attached to an aromatic ring is 1. The number of carbonyl (C=O) groups is 1. The Morgan fingerprint density at radius 1 is 1.04 bits per heavy atom. The minimum atomic E-state index is -1.13. The van der Waals surface area contributed by atoms with Crippen LogP contribution in [0.25, 0.3) is 33.3 Å². The lowest BCUT2D eigenvalue weighted by atomic mass is 9.93. The number of carboxylic acid groups (broad SMARTS) is 1. The predicted molar refractivity (Wildman–Crippen MR) is 104 cm³/mol. The molecule has 2 aromatic heterocycles. The van der Waals surface area contributed by atoms with Crippen molar-refractivity contribution < 1.29 is 14.3 Å². The lowest BCUT2D eigenvalue weighted by Crippen LogP contribution is -2.06. The number of fused-ring (bicyclic) bond motifs is 1. The van der Waals surface area contributed by atoms with Gasteiger partial charge < -0.3 is 10.8 Å². The molecule has 0 atom stereocenters. The van der Waals surface area contributed by atoms with Gasteiger partial charge in [-0.05, 0) is 55.0 Å². The van der Waals surface area contributed by atoms with E-state index in [9.17, 15) is 14.3 Å². The zero-order valence-electron chi connectivity index (χ0n) is 14.8. The lowest BCUT2D eigenvalue weighted by molar-refractivity contribution is 0.0697. The summed E-state index contributed by atoms with van der Waals surface area (Å²) < 4.78 is 13.4. The van der Waals surface area contributed by atoms with E-state index in [1.165, 1.54) is 24.5 Å². The van der Waals surface area contributed by atoms with Crippen molar-refractivity contribution in [2.45, 2.75) is 6.92 Å². The Kier molecular flexibility index (Phi) is 4.19. The van der Waals surface area contributed by atoms with Crippen molar-refractivity contribution in [3.05, 3.63) is 71.9 Å². The van der Waals surface area contributed by atoms with Gasteiger partial charge in [0.25, 0.3) is 0 Å². The smallest absolute Gasteiger partial charge is 0.336 e. The van der Waals surface area contributed by atoms with Crippen LogP contribution in [-0.2, 0) is 0 Å². The number of carboxylic acids is 1. The van der Waals surface area contributed by atoms with Crippen molar-refractivity contribution >= 4 is 22.7 Å². The van der Waals surface area contributed by atoms with E-state index in [2.05, 4.69) is 15.0 Å². The van der Waals surface area contributed by atoms with Gasteiger partial charge in [0.05, 0.1) is 16.8 Å². The molecular weight excluding hydrogens is 359 g/mol. The highest BCUT2D eigenvalue weighted by molar-refractivity contribution is 6.02. The summed E-state index contributed by atoms with van der Waals surface area (Å²) in [7, 11) is 0. The topological polar surface area (TPSA) is 102 Å². The Hall–Kier alpha value is -3.87. The summed E-state index contributed by atoms with van der Waals surface area (Å²) in [5, 5.41) is 10.6. The fourth-order valence-corrected chi connectivity index (χ4v) is 3.18. The van der Waals surface area contributed by atoms with E-state index in [-0.39, 0.29) is 11.4 Å². The molecule has 0 aliphatic heterocycles. The van der Waals surface area contributed by atoms with Gasteiger partial charge in [-0.2, -0.15) is 0 Å². The molecule has 0 aliphatic carbocycles. The third kappa shape index (κ3) is 3.03. The molecule has 0 fully saturated rings. The molecule has 0 aliphatic rings. The summed E-state index contributed by atoms with van der Waals surface area (Å²) in [5.74, 6) is -1.46. The summed E-state index contributed by atoms with van der Waals surface area (Å²) in [6.07, 6.45) is 1.48. The quantitative estimate of drug-likeness (QED) is 0.560. The number of halogens is 1. The van der Waals surface area contributed by atoms with Crippen LogP contribution in [0.15, 0.2) is 54.9 Å². The summed E-state index contributed by atoms with van der Waals surface area (Å²) in [5.41, 5.74) is 9.36. The number of aryl methyl sites for hydroxylation is 1. The van der Waals surface area contributed by atoms with Crippen LogP contribution in [-0.4, -0.2) is 26.0 Å². The van der Waals surface area contributed by atoms with Gasteiger partial charge in [0.2, 0.25) is 0 Å². The lowest BCUT2D eigenvalue weighted by Gasteiger charge is -2.14. The van der Waals surface area contributed by atoms with Crippen molar-refractivity contribution in [2.24, 2.45) is 0 Å². The van der Waals surface area contributed by atoms with Crippen molar-refractivity contribution in [3.63, 3.8) is 0 Å². The van der Waals surface area contributed by atoms with Crippen molar-refractivity contribution in [3.8, 4) is 22.4 Å². The summed E-state index contributed by atoms with van der Waals surface area (Å²) in [6.45, 7) is 1.86. The maximum Gasteiger partial charge on any atom is 0.336 e. The molecule has 4 aromatic rings. The van der Waals surface area contributed by atoms with E-state index in [0.717, 1.165) is 16.6 Å². The first-order valence-electron chi connectivity index (χ1n) is 8.45. The van der Waals surface area contributed by atoms with Crippen LogP contribution in [0.4, 0.5) is 10.2 Å². The van der Waals surface area contributed by atoms with Gasteiger partial charge in [-0.15, -0.1) is 0 Å². The Balaban J connectivity index is 2.06. The third-order valence-corrected chi connectivity index (χ3v) is 4.51. The highest BCUT2D eigenvalue weighted by Crippen LogP contribution is 2.36. The monoisotopic (exact) mass is 374 g/mol. The first kappa shape index (κ1) is 17.5. The number of benzene rings is 2. The number of pyridine rings is 1. The fraction of sp³-hybridized carbons (Fsp3) is 0.0476. The molecule has 6 nitrogen and oxygen atoms in total. The molecule has 0 spiro atoms. The van der Waals surface area contributed by atoms with Crippen LogP contribution in [0.1, 0.15) is 16.1 Å². The van der Waals surface area contributed by atoms with E-state index >= 15 is 0 Å². The van der Waals surface area contributed by atoms with Crippen molar-refractivity contribution in [1.29, 1.82) is 0 Å². The molecule has 0 radical (unpaired) electrons. The minimum absolute atomic E-state index is 0.0145. The van der Waals surface area contributed by atoms with Gasteiger partial charge >= 0.3 is 5.97 Å². The maximum absolute atomic E-state index is 13.4. The van der Waals surface area contributed by atoms with Crippen LogP contribution in [0, 0.1) is 12.7 Å². The molecule has 0 unspecified atom stereocenters. The molecule has 0 amide bonds. The maximum atomic E-state index is 13.4. The normalized spacial score (nSPS) is 10.9. The highest BCUT2D eigenvalue weighted by atomic mass is 19.1. The number of anilines is 1. The van der Waals surface area contributed by atoms with E-state index in [1.807, 2.05) is 13.0 Å². The molecule has 4 rings (SSSR count). The molecule has 138 valence electrons. The second-order valence-electron chi connectivity index (χ2n) is 6.32. The van der Waals surface area contributed by atoms with E-state index < -0.39 is 11.8 Å². The van der Waals surface area contributed by atoms with Gasteiger partial charge in [-0.1, -0.05) is 6.07 Å². The highest BCUT2D eigenvalue weighted by Gasteiger charge is 2.20. The molecule has 28 heavy (non-hydrogen) atoms. The Morgan fingerprint density at radius 3 is 2.46 bits per heavy atom. The van der Waals surface area contributed by atoms with Gasteiger partial charge in [0.15, 0.2) is 0 Å². The second-order valence-corrected chi connectivity index (χ2v) is 6.32. The predicted octanol–water partition coefficient (Wildman–Crippen LogP) is 4.09. The molecular formula is C21H15FN4O2. The molecule has 3 N–H and O–H groups in total. The first-order chi connectivity index (χ1) is 13.4. The van der Waals surface area contributed by atoms with Crippen molar-refractivity contribution in [1.82, 2.24) is 15.0 Å². The first-order valence-corrected chi connectivity index (χ1v) is 8.45. The van der Waals surface area contributed by atoms with Gasteiger partial charge in [0.1, 0.15) is 18.0 Å². The SMILES string of the molecule is Cc1ncnc2ccc(-c3c(C(=O)O)cc(N)nc3-c3ccc(F)cc3)cc12. The van der Waals surface area contributed by atoms with Crippen LogP contribution in [0.3, 0.4) is 0 Å². The molecule has 0 bridgehead atoms. The summed E-state index contributed by atoms with van der Waals surface area (Å²) >= 11 is 0. The number of nitrogens with zero attached hydrogens (tertiary/aromatic N) is 3. The molecule has 0 saturated carbocycles. The summed E-state index contributed by atoms with van der Waals surface area (Å²) in [6, 6.07) is 12.4. The van der Waals surface area contributed by atoms with E-state index in [0.29, 0.717) is 22.4 Å². The van der Waals surface area contributed by atoms with E-state index in [1.54, 1.807) is 24.3 Å². The van der Waals surface area contributed by atoms with Gasteiger partial charge in [-0.3, -0.25) is 0 Å². The number of hydrogen-bond acceptors (Lipinski definition) is 5. The number of aromatic carboxylic acids is 1. The van der Waals surface area contributed by atoms with Crippen LogP contribution >= 0.6 is 0 Å². The van der Waals surface area contributed by atoms with Crippen LogP contribution < -0.4 is 5.73 Å². The standard InChI is InChI=1S/C21H15FN4O2/c1-11-15-8-13(4-7-17(15)25-10-24-11)19-16(21(27)28)9-18(23)26-20(19)12-2-5-14(22)6-3-12/h2-10H,1H3,(H2,23,26)(H,27,28). The zero-order chi connectivity index (χ0) is 19.8. The Labute approximate surface area is 159 Å². The van der Waals surface area contributed by atoms with Gasteiger partial charge in [0, 0.05) is 22.2 Å². The number of hydrogen-bond donors (Lipinski definition) is 2. The molecule has 2 heterocycles. The van der Waals surface area contributed by atoms with E-state index in [4.69, 9.17) is 5.73 Å². The largest absolute Gasteiger partial charge is 0.478 e. The molecule has 0 saturated heterocycles. The number of rotatable bonds is 3. The van der Waals surface area contributed by atoms with Crippen LogP contribution in [0.2, 0.25) is 0 Å². The number of nitrogens with two attached hydrogens (primary N) is 1. The fourth-order valence-electron chi connectivity index (χ4n) is 3.18. The number of aromatic nitrogens is 3. The molecule has 7 heteroatoms. The Bertz CT molecular complexity index is 1220. The Morgan fingerprint density at radius 2 is 1.75 bits per heavy atom. The minimum Gasteiger partial charge on any atom is -0.478 e. The van der Waals surface area contributed by atoms with Crippen LogP contribution in [0.5, 0.6) is 0 Å². The zero-order valence-corrected chi connectivity index (χ0v) is 14.8. The third-order valence-electron chi connectivity index (χ3n) is 4.51. The summed E-state index contributed by atoms with van der Waals surface area (Å²) in [4.78, 5) is 24.7.